The van der Waals surface area contributed by atoms with Gasteiger partial charge in [0.1, 0.15) is 0 Å². The number of rotatable bonds is 6. The number of hydrogen-bond acceptors (Lipinski definition) is 2. The first-order valence-corrected chi connectivity index (χ1v) is 7.88. The van der Waals surface area contributed by atoms with Gasteiger partial charge in [-0.25, -0.2) is 0 Å². The molecule has 2 rings (SSSR count). The summed E-state index contributed by atoms with van der Waals surface area (Å²) in [5.41, 5.74) is 2.33. The van der Waals surface area contributed by atoms with Crippen molar-refractivity contribution in [3.05, 3.63) is 29.8 Å². The fourth-order valence-electron chi connectivity index (χ4n) is 2.89. The van der Waals surface area contributed by atoms with Crippen molar-refractivity contribution < 1.29 is 4.79 Å². The van der Waals surface area contributed by atoms with E-state index in [1.165, 1.54) is 37.7 Å². The van der Waals surface area contributed by atoms with Crippen LogP contribution >= 0.6 is 0 Å². The van der Waals surface area contributed by atoms with Gasteiger partial charge in [0.05, 0.1) is 6.54 Å². The highest BCUT2D eigenvalue weighted by Gasteiger charge is 2.14. The summed E-state index contributed by atoms with van der Waals surface area (Å²) >= 11 is 0. The number of aryl methyl sites for hydroxylation is 1. The van der Waals surface area contributed by atoms with Gasteiger partial charge in [-0.1, -0.05) is 44.4 Å². The van der Waals surface area contributed by atoms with Gasteiger partial charge in [0.25, 0.3) is 0 Å². The minimum absolute atomic E-state index is 0.0986. The maximum atomic E-state index is 11.9. The molecule has 1 fully saturated rings. The molecule has 1 amide bonds. The lowest BCUT2D eigenvalue weighted by Crippen LogP contribution is -2.34. The van der Waals surface area contributed by atoms with Crippen molar-refractivity contribution in [2.75, 3.05) is 18.4 Å². The van der Waals surface area contributed by atoms with Gasteiger partial charge < -0.3 is 10.6 Å². The van der Waals surface area contributed by atoms with Crippen LogP contribution in [0.15, 0.2) is 24.3 Å². The third-order valence-corrected chi connectivity index (χ3v) is 4.15. The Morgan fingerprint density at radius 1 is 1.20 bits per heavy atom. The first kappa shape index (κ1) is 14.9. The number of para-hydroxylation sites is 1. The Morgan fingerprint density at radius 3 is 2.70 bits per heavy atom. The Kier molecular flexibility index (Phi) is 5.90. The van der Waals surface area contributed by atoms with E-state index >= 15 is 0 Å². The second-order valence-corrected chi connectivity index (χ2v) is 5.67. The quantitative estimate of drug-likeness (QED) is 0.835. The average molecular weight is 274 g/mol. The van der Waals surface area contributed by atoms with E-state index in [-0.39, 0.29) is 5.91 Å². The van der Waals surface area contributed by atoms with Crippen LogP contribution in [0.3, 0.4) is 0 Å². The predicted octanol–water partition coefficient (Wildman–Crippen LogP) is 3.36. The molecule has 3 heteroatoms. The fourth-order valence-corrected chi connectivity index (χ4v) is 2.89. The molecule has 0 radical (unpaired) electrons. The second kappa shape index (κ2) is 7.93. The third kappa shape index (κ3) is 4.55. The van der Waals surface area contributed by atoms with E-state index in [4.69, 9.17) is 0 Å². The Morgan fingerprint density at radius 2 is 1.95 bits per heavy atom. The molecule has 1 aliphatic rings. The highest BCUT2D eigenvalue weighted by Crippen LogP contribution is 2.22. The molecule has 0 atom stereocenters. The Balaban J connectivity index is 1.71. The summed E-state index contributed by atoms with van der Waals surface area (Å²) in [5, 5.41) is 6.30. The molecule has 1 aromatic rings. The zero-order chi connectivity index (χ0) is 14.2. The van der Waals surface area contributed by atoms with Crippen LogP contribution < -0.4 is 10.6 Å². The maximum absolute atomic E-state index is 11.9. The van der Waals surface area contributed by atoms with Gasteiger partial charge in [0.2, 0.25) is 5.91 Å². The summed E-state index contributed by atoms with van der Waals surface area (Å²) < 4.78 is 0. The molecule has 1 saturated carbocycles. The average Bonchev–Trinajstić information content (AvgIpc) is 2.52. The molecular weight excluding hydrogens is 248 g/mol. The number of carbonyl (C=O) groups excluding carboxylic acids is 1. The summed E-state index contributed by atoms with van der Waals surface area (Å²) in [7, 11) is 0. The van der Waals surface area contributed by atoms with Gasteiger partial charge in [0.15, 0.2) is 0 Å². The monoisotopic (exact) mass is 274 g/mol. The Bertz CT molecular complexity index is 425. The largest absolute Gasteiger partial charge is 0.376 e. The fraction of sp³-hybridized carbons (Fsp3) is 0.588. The topological polar surface area (TPSA) is 41.1 Å². The SMILES string of the molecule is CCc1ccccc1NCC(=O)NCC1CCCCC1. The zero-order valence-electron chi connectivity index (χ0n) is 12.5. The first-order chi connectivity index (χ1) is 9.79. The van der Waals surface area contributed by atoms with Crippen molar-refractivity contribution in [1.82, 2.24) is 5.32 Å². The molecule has 0 spiro atoms. The highest BCUT2D eigenvalue weighted by molar-refractivity contribution is 5.80. The molecule has 0 bridgehead atoms. The highest BCUT2D eigenvalue weighted by atomic mass is 16.1. The van der Waals surface area contributed by atoms with Crippen LogP contribution in [-0.4, -0.2) is 19.0 Å². The molecule has 0 aromatic heterocycles. The smallest absolute Gasteiger partial charge is 0.239 e. The molecule has 1 aliphatic carbocycles. The lowest BCUT2D eigenvalue weighted by Gasteiger charge is -2.21. The molecular formula is C17H26N2O. The number of nitrogens with one attached hydrogen (secondary N) is 2. The molecule has 110 valence electrons. The normalized spacial score (nSPS) is 15.8. The van der Waals surface area contributed by atoms with E-state index in [1.807, 2.05) is 18.2 Å². The van der Waals surface area contributed by atoms with Crippen LogP contribution in [0.2, 0.25) is 0 Å². The molecule has 0 saturated heterocycles. The lowest BCUT2D eigenvalue weighted by molar-refractivity contribution is -0.119. The molecule has 3 nitrogen and oxygen atoms in total. The number of carbonyl (C=O) groups is 1. The Labute approximate surface area is 122 Å². The standard InChI is InChI=1S/C17H26N2O/c1-2-15-10-6-7-11-16(15)18-13-17(20)19-12-14-8-4-3-5-9-14/h6-7,10-11,14,18H,2-5,8-9,12-13H2,1H3,(H,19,20). The van der Waals surface area contributed by atoms with Crippen LogP contribution in [-0.2, 0) is 11.2 Å². The first-order valence-electron chi connectivity index (χ1n) is 7.88. The van der Waals surface area contributed by atoms with Crippen molar-refractivity contribution in [3.8, 4) is 0 Å². The summed E-state index contributed by atoms with van der Waals surface area (Å²) in [6, 6.07) is 8.17. The predicted molar refractivity (Wildman–Crippen MR) is 83.9 cm³/mol. The van der Waals surface area contributed by atoms with E-state index < -0.39 is 0 Å². The van der Waals surface area contributed by atoms with E-state index in [0.717, 1.165) is 18.7 Å². The van der Waals surface area contributed by atoms with E-state index in [9.17, 15) is 4.79 Å². The van der Waals surface area contributed by atoms with Crippen molar-refractivity contribution in [1.29, 1.82) is 0 Å². The van der Waals surface area contributed by atoms with Crippen LogP contribution in [0.5, 0.6) is 0 Å². The summed E-state index contributed by atoms with van der Waals surface area (Å²) in [4.78, 5) is 11.9. The molecule has 2 N–H and O–H groups in total. The van der Waals surface area contributed by atoms with E-state index in [2.05, 4.69) is 23.6 Å². The van der Waals surface area contributed by atoms with Gasteiger partial charge >= 0.3 is 0 Å². The van der Waals surface area contributed by atoms with Gasteiger partial charge in [-0.3, -0.25) is 4.79 Å². The van der Waals surface area contributed by atoms with Crippen molar-refractivity contribution in [2.45, 2.75) is 45.4 Å². The van der Waals surface area contributed by atoms with Gasteiger partial charge in [-0.15, -0.1) is 0 Å². The van der Waals surface area contributed by atoms with Crippen LogP contribution in [0.1, 0.15) is 44.6 Å². The number of benzene rings is 1. The second-order valence-electron chi connectivity index (χ2n) is 5.67. The zero-order valence-corrected chi connectivity index (χ0v) is 12.5. The van der Waals surface area contributed by atoms with Crippen molar-refractivity contribution >= 4 is 11.6 Å². The van der Waals surface area contributed by atoms with Crippen LogP contribution in [0.25, 0.3) is 0 Å². The lowest BCUT2D eigenvalue weighted by atomic mass is 9.89. The van der Waals surface area contributed by atoms with Crippen LogP contribution in [0, 0.1) is 5.92 Å². The molecule has 1 aromatic carbocycles. The Hall–Kier alpha value is -1.51. The summed E-state index contributed by atoms with van der Waals surface area (Å²) in [6.07, 6.45) is 7.52. The van der Waals surface area contributed by atoms with Gasteiger partial charge in [0, 0.05) is 12.2 Å². The third-order valence-electron chi connectivity index (χ3n) is 4.15. The van der Waals surface area contributed by atoms with Gasteiger partial charge in [-0.05, 0) is 36.8 Å². The van der Waals surface area contributed by atoms with Crippen molar-refractivity contribution in [2.24, 2.45) is 5.92 Å². The van der Waals surface area contributed by atoms with Crippen molar-refractivity contribution in [3.63, 3.8) is 0 Å². The van der Waals surface area contributed by atoms with Gasteiger partial charge in [-0.2, -0.15) is 0 Å². The molecule has 0 aliphatic heterocycles. The minimum atomic E-state index is 0.0986. The summed E-state index contributed by atoms with van der Waals surface area (Å²) in [6.45, 7) is 3.34. The maximum Gasteiger partial charge on any atom is 0.239 e. The molecule has 0 heterocycles. The van der Waals surface area contributed by atoms with E-state index in [0.29, 0.717) is 12.5 Å². The van der Waals surface area contributed by atoms with Crippen LogP contribution in [0.4, 0.5) is 5.69 Å². The summed E-state index contributed by atoms with van der Waals surface area (Å²) in [5.74, 6) is 0.789. The van der Waals surface area contributed by atoms with E-state index in [1.54, 1.807) is 0 Å². The minimum Gasteiger partial charge on any atom is -0.376 e. The molecule has 0 unspecified atom stereocenters. The number of amides is 1. The molecule has 20 heavy (non-hydrogen) atoms. The number of anilines is 1. The number of hydrogen-bond donors (Lipinski definition) is 2.